The quantitative estimate of drug-likeness (QED) is 0.448. The summed E-state index contributed by atoms with van der Waals surface area (Å²) in [6.45, 7) is 4.34. The topological polar surface area (TPSA) is 59.3 Å². The first-order valence-corrected chi connectivity index (χ1v) is 10.0. The second-order valence-corrected chi connectivity index (χ2v) is 7.74. The van der Waals surface area contributed by atoms with Crippen molar-refractivity contribution in [3.63, 3.8) is 0 Å². The Kier molecular flexibility index (Phi) is 5.23. The summed E-state index contributed by atoms with van der Waals surface area (Å²) in [6.07, 6.45) is 2.13. The zero-order valence-corrected chi connectivity index (χ0v) is 17.0. The van der Waals surface area contributed by atoms with Gasteiger partial charge in [-0.3, -0.25) is 9.36 Å². The Morgan fingerprint density at radius 3 is 2.23 bits per heavy atom. The summed E-state index contributed by atoms with van der Waals surface area (Å²) in [5.74, 6) is -0.660. The van der Waals surface area contributed by atoms with E-state index in [0.717, 1.165) is 27.6 Å². The first kappa shape index (κ1) is 19.6. The van der Waals surface area contributed by atoms with Gasteiger partial charge in [0.1, 0.15) is 0 Å². The molecule has 0 aliphatic carbocycles. The molecule has 4 nitrogen and oxygen atoms in total. The number of carbonyl (C=O) groups excluding carboxylic acids is 1. The molecule has 0 unspecified atom stereocenters. The molecular weight excluding hydrogens is 374 g/mol. The molecule has 1 aromatic heterocycles. The molecular formula is C26H23NO3. The van der Waals surface area contributed by atoms with Gasteiger partial charge in [0.05, 0.1) is 17.5 Å². The van der Waals surface area contributed by atoms with E-state index in [-0.39, 0.29) is 17.9 Å². The van der Waals surface area contributed by atoms with Gasteiger partial charge in [-0.2, -0.15) is 0 Å². The molecule has 3 aromatic carbocycles. The van der Waals surface area contributed by atoms with Gasteiger partial charge in [-0.25, -0.2) is 4.79 Å². The second-order valence-electron chi connectivity index (χ2n) is 7.74. The average Bonchev–Trinajstić information content (AvgIpc) is 3.14. The maximum Gasteiger partial charge on any atom is 0.335 e. The van der Waals surface area contributed by atoms with Crippen molar-refractivity contribution >= 4 is 22.8 Å². The fraction of sp³-hybridized carbons (Fsp3) is 0.154. The number of hydrogen-bond acceptors (Lipinski definition) is 2. The highest BCUT2D eigenvalue weighted by Gasteiger charge is 2.17. The maximum atomic E-state index is 13.2. The van der Waals surface area contributed by atoms with Gasteiger partial charge < -0.3 is 5.11 Å². The summed E-state index contributed by atoms with van der Waals surface area (Å²) < 4.78 is 1.72. The molecule has 0 saturated carbocycles. The summed E-state index contributed by atoms with van der Waals surface area (Å²) in [5, 5.41) is 10.1. The largest absolute Gasteiger partial charge is 0.478 e. The Labute approximate surface area is 175 Å². The van der Waals surface area contributed by atoms with Crippen LogP contribution in [0.5, 0.6) is 0 Å². The predicted octanol–water partition coefficient (Wildman–Crippen LogP) is 6.01. The number of carbonyl (C=O) groups is 2. The summed E-state index contributed by atoms with van der Waals surface area (Å²) in [7, 11) is 0. The molecule has 150 valence electrons. The van der Waals surface area contributed by atoms with Gasteiger partial charge in [0.25, 0.3) is 0 Å². The van der Waals surface area contributed by atoms with Crippen LogP contribution in [0.3, 0.4) is 0 Å². The van der Waals surface area contributed by atoms with Crippen LogP contribution in [0.25, 0.3) is 22.0 Å². The number of benzene rings is 3. The standard InChI is InChI=1S/C26H23NO3/c1-17(2)20-7-3-4-8-21(20)23-16-27(24-10-6-5-9-22(23)24)25(28)15-18-11-13-19(14-12-18)26(29)30/h3-14,16-17H,15H2,1-2H3,(H,29,30). The highest BCUT2D eigenvalue weighted by atomic mass is 16.4. The van der Waals surface area contributed by atoms with Crippen molar-refractivity contribution in [3.8, 4) is 11.1 Å². The lowest BCUT2D eigenvalue weighted by atomic mass is 9.92. The first-order chi connectivity index (χ1) is 14.5. The SMILES string of the molecule is CC(C)c1ccccc1-c1cn(C(=O)Cc2ccc(C(=O)O)cc2)c2ccccc12. The number of para-hydroxylation sites is 1. The van der Waals surface area contributed by atoms with E-state index < -0.39 is 5.97 Å². The fourth-order valence-electron chi connectivity index (χ4n) is 3.87. The van der Waals surface area contributed by atoms with E-state index >= 15 is 0 Å². The third-order valence-corrected chi connectivity index (χ3v) is 5.41. The van der Waals surface area contributed by atoms with Crippen LogP contribution in [0.15, 0.2) is 79.0 Å². The third-order valence-electron chi connectivity index (χ3n) is 5.41. The zero-order valence-electron chi connectivity index (χ0n) is 17.0. The number of aromatic carboxylic acids is 1. The second kappa shape index (κ2) is 7.99. The van der Waals surface area contributed by atoms with Crippen LogP contribution in [-0.2, 0) is 6.42 Å². The Bertz CT molecular complexity index is 1230. The molecule has 0 spiro atoms. The van der Waals surface area contributed by atoms with E-state index in [1.807, 2.05) is 42.6 Å². The van der Waals surface area contributed by atoms with E-state index in [0.29, 0.717) is 5.92 Å². The van der Waals surface area contributed by atoms with E-state index in [1.54, 1.807) is 16.7 Å². The van der Waals surface area contributed by atoms with E-state index in [2.05, 4.69) is 26.0 Å². The van der Waals surface area contributed by atoms with Crippen molar-refractivity contribution in [2.24, 2.45) is 0 Å². The number of aromatic nitrogens is 1. The lowest BCUT2D eigenvalue weighted by Crippen LogP contribution is -2.12. The highest BCUT2D eigenvalue weighted by Crippen LogP contribution is 2.35. The van der Waals surface area contributed by atoms with Crippen molar-refractivity contribution in [1.82, 2.24) is 4.57 Å². The Balaban J connectivity index is 1.76. The van der Waals surface area contributed by atoms with Crippen molar-refractivity contribution in [3.05, 3.63) is 95.7 Å². The minimum absolute atomic E-state index is 0.0532. The smallest absolute Gasteiger partial charge is 0.335 e. The number of nitrogens with zero attached hydrogens (tertiary/aromatic N) is 1. The Morgan fingerprint density at radius 1 is 0.867 bits per heavy atom. The number of fused-ring (bicyclic) bond motifs is 1. The molecule has 1 heterocycles. The first-order valence-electron chi connectivity index (χ1n) is 10.0. The molecule has 0 atom stereocenters. The Hall–Kier alpha value is -3.66. The van der Waals surface area contributed by atoms with Crippen LogP contribution in [0.4, 0.5) is 0 Å². The summed E-state index contributed by atoms with van der Waals surface area (Å²) >= 11 is 0. The molecule has 30 heavy (non-hydrogen) atoms. The van der Waals surface area contributed by atoms with Crippen LogP contribution >= 0.6 is 0 Å². The van der Waals surface area contributed by atoms with Gasteiger partial charge in [0.15, 0.2) is 0 Å². The molecule has 0 aliphatic rings. The van der Waals surface area contributed by atoms with Gasteiger partial charge in [-0.15, -0.1) is 0 Å². The molecule has 4 heteroatoms. The molecule has 4 rings (SSSR count). The summed E-state index contributed by atoms with van der Waals surface area (Å²) in [4.78, 5) is 24.2. The van der Waals surface area contributed by atoms with E-state index in [4.69, 9.17) is 5.11 Å². The van der Waals surface area contributed by atoms with Crippen LogP contribution < -0.4 is 0 Å². The van der Waals surface area contributed by atoms with Gasteiger partial charge in [-0.1, -0.05) is 68.4 Å². The highest BCUT2D eigenvalue weighted by molar-refractivity contribution is 6.02. The van der Waals surface area contributed by atoms with Crippen LogP contribution in [0.1, 0.15) is 46.0 Å². The molecule has 0 radical (unpaired) electrons. The minimum Gasteiger partial charge on any atom is -0.478 e. The van der Waals surface area contributed by atoms with Gasteiger partial charge in [0.2, 0.25) is 5.91 Å². The zero-order chi connectivity index (χ0) is 21.3. The third kappa shape index (κ3) is 3.64. The molecule has 4 aromatic rings. The van der Waals surface area contributed by atoms with Crippen molar-refractivity contribution < 1.29 is 14.7 Å². The molecule has 0 saturated heterocycles. The van der Waals surface area contributed by atoms with Crippen molar-refractivity contribution in [1.29, 1.82) is 0 Å². The Morgan fingerprint density at radius 2 is 1.53 bits per heavy atom. The van der Waals surface area contributed by atoms with Crippen LogP contribution in [0, 0.1) is 0 Å². The average molecular weight is 397 g/mol. The van der Waals surface area contributed by atoms with Crippen molar-refractivity contribution in [2.75, 3.05) is 0 Å². The number of rotatable bonds is 5. The van der Waals surface area contributed by atoms with E-state index in [9.17, 15) is 9.59 Å². The van der Waals surface area contributed by atoms with E-state index in [1.165, 1.54) is 17.7 Å². The molecule has 0 fully saturated rings. The summed E-state index contributed by atoms with van der Waals surface area (Å²) in [6, 6.07) is 22.7. The maximum absolute atomic E-state index is 13.2. The predicted molar refractivity (Wildman–Crippen MR) is 119 cm³/mol. The lowest BCUT2D eigenvalue weighted by molar-refractivity contribution is 0.0696. The molecule has 0 bridgehead atoms. The molecule has 0 aliphatic heterocycles. The van der Waals surface area contributed by atoms with Crippen molar-refractivity contribution in [2.45, 2.75) is 26.2 Å². The monoisotopic (exact) mass is 397 g/mol. The molecule has 1 N–H and O–H groups in total. The number of carboxylic acids is 1. The van der Waals surface area contributed by atoms with Gasteiger partial charge in [-0.05, 0) is 40.8 Å². The number of hydrogen-bond donors (Lipinski definition) is 1. The molecule has 0 amide bonds. The lowest BCUT2D eigenvalue weighted by Gasteiger charge is -2.11. The minimum atomic E-state index is -0.974. The number of carboxylic acid groups (broad SMARTS) is 1. The van der Waals surface area contributed by atoms with Crippen LogP contribution in [0.2, 0.25) is 0 Å². The fourth-order valence-corrected chi connectivity index (χ4v) is 3.87. The van der Waals surface area contributed by atoms with Gasteiger partial charge in [0, 0.05) is 17.1 Å². The normalized spacial score (nSPS) is 11.2. The van der Waals surface area contributed by atoms with Gasteiger partial charge >= 0.3 is 5.97 Å². The van der Waals surface area contributed by atoms with Crippen LogP contribution in [-0.4, -0.2) is 21.6 Å². The summed E-state index contributed by atoms with van der Waals surface area (Å²) in [5.41, 5.74) is 5.30.